The van der Waals surface area contributed by atoms with Crippen molar-refractivity contribution in [2.45, 2.75) is 20.0 Å². The van der Waals surface area contributed by atoms with Crippen LogP contribution in [0.4, 0.5) is 5.69 Å². The van der Waals surface area contributed by atoms with Crippen molar-refractivity contribution in [3.8, 4) is 11.5 Å². The predicted octanol–water partition coefficient (Wildman–Crippen LogP) is 4.41. The fourth-order valence-corrected chi connectivity index (χ4v) is 3.72. The molecule has 3 rings (SSSR count). The van der Waals surface area contributed by atoms with Crippen molar-refractivity contribution in [3.63, 3.8) is 0 Å². The van der Waals surface area contributed by atoms with E-state index in [1.54, 1.807) is 55.6 Å². The highest BCUT2D eigenvalue weighted by Gasteiger charge is 2.18. The van der Waals surface area contributed by atoms with Crippen LogP contribution in [0.2, 0.25) is 5.02 Å². The smallest absolute Gasteiger partial charge is 0.243 e. The van der Waals surface area contributed by atoms with Crippen molar-refractivity contribution in [2.75, 3.05) is 25.5 Å². The summed E-state index contributed by atoms with van der Waals surface area (Å²) in [6, 6.07) is 14.2. The summed E-state index contributed by atoms with van der Waals surface area (Å²) < 4.78 is 10.8. The maximum Gasteiger partial charge on any atom is 0.243 e. The number of halogens is 1. The fraction of sp³-hybridized carbons (Fsp3) is 0.261. The minimum atomic E-state index is -0.274. The lowest BCUT2D eigenvalue weighted by molar-refractivity contribution is -0.133. The molecule has 0 aliphatic rings. The van der Waals surface area contributed by atoms with Crippen LogP contribution in [-0.2, 0) is 22.6 Å². The summed E-state index contributed by atoms with van der Waals surface area (Å²) in [6.07, 6.45) is 0.123. The Bertz CT molecular complexity index is 1060. The second-order valence-electron chi connectivity index (χ2n) is 6.84. The molecule has 0 radical (unpaired) electrons. The number of benzene rings is 2. The Labute approximate surface area is 195 Å². The number of carbonyl (C=O) groups is 2. The van der Waals surface area contributed by atoms with Crippen LogP contribution in [0.5, 0.6) is 11.5 Å². The van der Waals surface area contributed by atoms with Gasteiger partial charge in [0, 0.05) is 28.7 Å². The molecule has 1 heterocycles. The molecule has 0 saturated carbocycles. The van der Waals surface area contributed by atoms with Crippen LogP contribution in [-0.4, -0.2) is 41.9 Å². The number of carbonyl (C=O) groups excluding carboxylic acids is 2. The molecule has 168 valence electrons. The van der Waals surface area contributed by atoms with E-state index in [0.717, 1.165) is 5.01 Å². The number of rotatable bonds is 10. The molecule has 2 amide bonds. The lowest BCUT2D eigenvalue weighted by atomic mass is 10.2. The molecule has 0 aliphatic carbocycles. The zero-order valence-electron chi connectivity index (χ0n) is 17.8. The highest BCUT2D eigenvalue weighted by molar-refractivity contribution is 7.09. The normalized spacial score (nSPS) is 10.5. The second kappa shape index (κ2) is 11.5. The Kier molecular flexibility index (Phi) is 8.47. The Balaban J connectivity index is 1.50. The van der Waals surface area contributed by atoms with Gasteiger partial charge in [-0.3, -0.25) is 9.59 Å². The largest absolute Gasteiger partial charge is 0.497 e. The first-order chi connectivity index (χ1) is 15.5. The van der Waals surface area contributed by atoms with Crippen LogP contribution >= 0.6 is 22.9 Å². The molecular formula is C23H24ClN3O4S. The molecule has 0 unspecified atom stereocenters. The third-order valence-corrected chi connectivity index (χ3v) is 5.65. The van der Waals surface area contributed by atoms with Gasteiger partial charge in [-0.05, 0) is 43.3 Å². The van der Waals surface area contributed by atoms with Gasteiger partial charge in [-0.15, -0.1) is 11.3 Å². The summed E-state index contributed by atoms with van der Waals surface area (Å²) in [5.41, 5.74) is 1.27. The molecule has 0 spiro atoms. The number of aromatic nitrogens is 1. The van der Waals surface area contributed by atoms with Crippen LogP contribution in [0.25, 0.3) is 0 Å². The molecule has 0 saturated heterocycles. The van der Waals surface area contributed by atoms with Crippen molar-refractivity contribution >= 4 is 40.4 Å². The summed E-state index contributed by atoms with van der Waals surface area (Å²) in [5.74, 6) is 0.902. The average Bonchev–Trinajstić information content (AvgIpc) is 3.24. The standard InChI is InChI=1S/C23H24ClN3O4S/c1-3-27(13-21(28)25-17-5-4-6-20(11-17)30-2)23(29)12-18-15-32-22(26-18)14-31-19-9-7-16(24)8-10-19/h4-11,15H,3,12-14H2,1-2H3,(H,25,28). The topological polar surface area (TPSA) is 80.8 Å². The van der Waals surface area contributed by atoms with Crippen LogP contribution in [0.1, 0.15) is 17.6 Å². The molecule has 32 heavy (non-hydrogen) atoms. The average molecular weight is 474 g/mol. The number of anilines is 1. The van der Waals surface area contributed by atoms with Crippen LogP contribution in [0, 0.1) is 0 Å². The van der Waals surface area contributed by atoms with Crippen LogP contribution < -0.4 is 14.8 Å². The van der Waals surface area contributed by atoms with Gasteiger partial charge in [0.1, 0.15) is 23.1 Å². The third-order valence-electron chi connectivity index (χ3n) is 4.53. The number of nitrogens with one attached hydrogen (secondary N) is 1. The summed E-state index contributed by atoms with van der Waals surface area (Å²) in [5, 5.41) is 6.03. The van der Waals surface area contributed by atoms with Gasteiger partial charge in [0.05, 0.1) is 25.8 Å². The summed E-state index contributed by atoms with van der Waals surface area (Å²) in [6.45, 7) is 2.52. The Hall–Kier alpha value is -3.10. The number of ether oxygens (including phenoxy) is 2. The summed E-state index contributed by atoms with van der Waals surface area (Å²) in [4.78, 5) is 31.1. The molecule has 0 fully saturated rings. The van der Waals surface area contributed by atoms with Crippen molar-refractivity contribution in [3.05, 3.63) is 69.6 Å². The van der Waals surface area contributed by atoms with E-state index in [-0.39, 0.29) is 24.8 Å². The van der Waals surface area contributed by atoms with Gasteiger partial charge >= 0.3 is 0 Å². The number of methoxy groups -OCH3 is 1. The molecule has 0 aliphatic heterocycles. The minimum absolute atomic E-state index is 0.0385. The SMILES string of the molecule is CCN(CC(=O)Nc1cccc(OC)c1)C(=O)Cc1csc(COc2ccc(Cl)cc2)n1. The highest BCUT2D eigenvalue weighted by Crippen LogP contribution is 2.19. The van der Waals surface area contributed by atoms with E-state index in [1.165, 1.54) is 16.2 Å². The van der Waals surface area contributed by atoms with Gasteiger partial charge in [-0.25, -0.2) is 4.98 Å². The van der Waals surface area contributed by atoms with Gasteiger partial charge in [0.25, 0.3) is 0 Å². The van der Waals surface area contributed by atoms with Crippen LogP contribution in [0.15, 0.2) is 53.9 Å². The van der Waals surface area contributed by atoms with E-state index in [2.05, 4.69) is 10.3 Å². The molecule has 0 atom stereocenters. The number of hydrogen-bond acceptors (Lipinski definition) is 6. The molecule has 9 heteroatoms. The molecule has 0 bridgehead atoms. The van der Waals surface area contributed by atoms with Gasteiger partial charge in [0.2, 0.25) is 11.8 Å². The minimum Gasteiger partial charge on any atom is -0.497 e. The number of thiazole rings is 1. The first-order valence-electron chi connectivity index (χ1n) is 10.00. The van der Waals surface area contributed by atoms with Crippen molar-refractivity contribution in [2.24, 2.45) is 0 Å². The predicted molar refractivity (Wildman–Crippen MR) is 125 cm³/mol. The van der Waals surface area contributed by atoms with E-state index in [0.29, 0.717) is 41.1 Å². The third kappa shape index (κ3) is 6.96. The van der Waals surface area contributed by atoms with E-state index >= 15 is 0 Å². The zero-order valence-corrected chi connectivity index (χ0v) is 19.4. The molecule has 3 aromatic rings. The maximum atomic E-state index is 12.7. The lowest BCUT2D eigenvalue weighted by Gasteiger charge is -2.20. The Morgan fingerprint density at radius 2 is 1.94 bits per heavy atom. The molecule has 1 aromatic heterocycles. The monoisotopic (exact) mass is 473 g/mol. The second-order valence-corrected chi connectivity index (χ2v) is 8.22. The van der Waals surface area contributed by atoms with Gasteiger partial charge in [-0.1, -0.05) is 17.7 Å². The van der Waals surface area contributed by atoms with Crippen LogP contribution in [0.3, 0.4) is 0 Å². The van der Waals surface area contributed by atoms with Crippen molar-refractivity contribution < 1.29 is 19.1 Å². The molecule has 2 aromatic carbocycles. The van der Waals surface area contributed by atoms with Gasteiger partial charge in [0.15, 0.2) is 0 Å². The first-order valence-corrected chi connectivity index (χ1v) is 11.3. The Morgan fingerprint density at radius 3 is 2.66 bits per heavy atom. The summed E-state index contributed by atoms with van der Waals surface area (Å²) in [7, 11) is 1.56. The van der Waals surface area contributed by atoms with Gasteiger partial charge < -0.3 is 19.7 Å². The number of nitrogens with zero attached hydrogens (tertiary/aromatic N) is 2. The summed E-state index contributed by atoms with van der Waals surface area (Å²) >= 11 is 7.30. The first kappa shape index (κ1) is 23.6. The quantitative estimate of drug-likeness (QED) is 0.471. The fourth-order valence-electron chi connectivity index (χ4n) is 2.89. The molecule has 1 N–H and O–H groups in total. The lowest BCUT2D eigenvalue weighted by Crippen LogP contribution is -2.38. The van der Waals surface area contributed by atoms with Crippen molar-refractivity contribution in [1.82, 2.24) is 9.88 Å². The van der Waals surface area contributed by atoms with E-state index in [1.807, 2.05) is 12.3 Å². The number of hydrogen-bond donors (Lipinski definition) is 1. The number of amides is 2. The maximum absolute atomic E-state index is 12.7. The van der Waals surface area contributed by atoms with E-state index in [4.69, 9.17) is 21.1 Å². The van der Waals surface area contributed by atoms with Gasteiger partial charge in [-0.2, -0.15) is 0 Å². The Morgan fingerprint density at radius 1 is 1.16 bits per heavy atom. The van der Waals surface area contributed by atoms with Crippen molar-refractivity contribution in [1.29, 1.82) is 0 Å². The molecule has 7 nitrogen and oxygen atoms in total. The molecular weight excluding hydrogens is 450 g/mol. The van der Waals surface area contributed by atoms with E-state index < -0.39 is 0 Å². The zero-order chi connectivity index (χ0) is 22.9. The highest BCUT2D eigenvalue weighted by atomic mass is 35.5. The van der Waals surface area contributed by atoms with E-state index in [9.17, 15) is 9.59 Å². The number of likely N-dealkylation sites (N-methyl/N-ethyl adjacent to an activating group) is 1.